The molecule has 1 aliphatic heterocycles. The van der Waals surface area contributed by atoms with Crippen molar-refractivity contribution in [3.05, 3.63) is 0 Å². The van der Waals surface area contributed by atoms with E-state index in [2.05, 4.69) is 24.5 Å². The zero-order valence-corrected chi connectivity index (χ0v) is 8.05. The van der Waals surface area contributed by atoms with Crippen LogP contribution in [0, 0.1) is 11.8 Å². The van der Waals surface area contributed by atoms with Crippen LogP contribution in [0.2, 0.25) is 0 Å². The maximum atomic E-state index is 11.4. The first-order valence-electron chi connectivity index (χ1n) is 4.62. The summed E-state index contributed by atoms with van der Waals surface area (Å²) in [6.07, 6.45) is 0. The molecule has 1 aliphatic rings. The van der Waals surface area contributed by atoms with Crippen LogP contribution in [0.3, 0.4) is 0 Å². The lowest BCUT2D eigenvalue weighted by atomic mass is 9.96. The van der Waals surface area contributed by atoms with E-state index in [0.29, 0.717) is 12.0 Å². The largest absolute Gasteiger partial charge is 0.351 e. The summed E-state index contributed by atoms with van der Waals surface area (Å²) in [6.45, 7) is 7.98. The molecule has 1 heterocycles. The van der Waals surface area contributed by atoms with Gasteiger partial charge in [0.05, 0.1) is 6.04 Å². The Morgan fingerprint density at radius 1 is 1.42 bits per heavy atom. The zero-order valence-electron chi connectivity index (χ0n) is 8.05. The van der Waals surface area contributed by atoms with Gasteiger partial charge in [-0.25, -0.2) is 0 Å². The molecule has 1 fully saturated rings. The Balaban J connectivity index is 2.26. The zero-order chi connectivity index (χ0) is 9.14. The fourth-order valence-electron chi connectivity index (χ4n) is 1.03. The lowest BCUT2D eigenvalue weighted by molar-refractivity contribution is -0.126. The van der Waals surface area contributed by atoms with E-state index in [9.17, 15) is 4.79 Å². The van der Waals surface area contributed by atoms with Crippen molar-refractivity contribution in [3.8, 4) is 0 Å². The van der Waals surface area contributed by atoms with Crippen molar-refractivity contribution in [2.24, 2.45) is 11.8 Å². The molecule has 70 valence electrons. The molecule has 1 amide bonds. The average molecular weight is 170 g/mol. The Kier molecular flexibility index (Phi) is 3.09. The van der Waals surface area contributed by atoms with Crippen molar-refractivity contribution < 1.29 is 4.79 Å². The van der Waals surface area contributed by atoms with E-state index in [1.807, 2.05) is 6.92 Å². The van der Waals surface area contributed by atoms with E-state index >= 15 is 0 Å². The van der Waals surface area contributed by atoms with Gasteiger partial charge in [-0.3, -0.25) is 4.79 Å². The fraction of sp³-hybridized carbons (Fsp3) is 0.889. The van der Waals surface area contributed by atoms with Crippen LogP contribution < -0.4 is 10.6 Å². The molecule has 0 aromatic carbocycles. The smallest absolute Gasteiger partial charge is 0.223 e. The highest BCUT2D eigenvalue weighted by Gasteiger charge is 2.23. The normalized spacial score (nSPS) is 20.3. The second-order valence-electron chi connectivity index (χ2n) is 3.90. The molecular weight excluding hydrogens is 152 g/mol. The number of carbonyl (C=O) groups is 1. The highest BCUT2D eigenvalue weighted by molar-refractivity contribution is 5.78. The highest BCUT2D eigenvalue weighted by Crippen LogP contribution is 2.09. The third-order valence-corrected chi connectivity index (χ3v) is 2.54. The van der Waals surface area contributed by atoms with E-state index in [1.165, 1.54) is 0 Å². The monoisotopic (exact) mass is 170 g/mol. The van der Waals surface area contributed by atoms with Gasteiger partial charge in [-0.2, -0.15) is 0 Å². The SMILES string of the molecule is CC(C)C(C)C(=O)NC1CNC1. The predicted molar refractivity (Wildman–Crippen MR) is 48.8 cm³/mol. The predicted octanol–water partition coefficient (Wildman–Crippen LogP) is 0.366. The van der Waals surface area contributed by atoms with Crippen LogP contribution in [0.1, 0.15) is 20.8 Å². The first-order valence-corrected chi connectivity index (χ1v) is 4.62. The first-order chi connectivity index (χ1) is 5.61. The van der Waals surface area contributed by atoms with Gasteiger partial charge in [-0.15, -0.1) is 0 Å². The van der Waals surface area contributed by atoms with Crippen LogP contribution in [0.15, 0.2) is 0 Å². The van der Waals surface area contributed by atoms with Crippen LogP contribution in [0.25, 0.3) is 0 Å². The standard InChI is InChI=1S/C9H18N2O/c1-6(2)7(3)9(12)11-8-4-10-5-8/h6-8,10H,4-5H2,1-3H3,(H,11,12). The van der Waals surface area contributed by atoms with Crippen molar-refractivity contribution in [1.82, 2.24) is 10.6 Å². The maximum absolute atomic E-state index is 11.4. The summed E-state index contributed by atoms with van der Waals surface area (Å²) < 4.78 is 0. The fourth-order valence-corrected chi connectivity index (χ4v) is 1.03. The van der Waals surface area contributed by atoms with Crippen LogP contribution in [0.5, 0.6) is 0 Å². The van der Waals surface area contributed by atoms with E-state index in [1.54, 1.807) is 0 Å². The van der Waals surface area contributed by atoms with E-state index in [4.69, 9.17) is 0 Å². The Hall–Kier alpha value is -0.570. The Labute approximate surface area is 73.9 Å². The second-order valence-corrected chi connectivity index (χ2v) is 3.90. The van der Waals surface area contributed by atoms with Gasteiger partial charge < -0.3 is 10.6 Å². The van der Waals surface area contributed by atoms with Gasteiger partial charge in [0, 0.05) is 19.0 Å². The Morgan fingerprint density at radius 3 is 2.33 bits per heavy atom. The second kappa shape index (κ2) is 3.90. The van der Waals surface area contributed by atoms with Gasteiger partial charge in [-0.05, 0) is 5.92 Å². The minimum atomic E-state index is 0.130. The number of amides is 1. The van der Waals surface area contributed by atoms with Crippen LogP contribution in [-0.4, -0.2) is 25.0 Å². The summed E-state index contributed by atoms with van der Waals surface area (Å²) in [5, 5.41) is 6.12. The number of nitrogens with one attached hydrogen (secondary N) is 2. The number of rotatable bonds is 3. The van der Waals surface area contributed by atoms with Crippen LogP contribution in [-0.2, 0) is 4.79 Å². The van der Waals surface area contributed by atoms with Gasteiger partial charge in [0.2, 0.25) is 5.91 Å². The molecule has 12 heavy (non-hydrogen) atoms. The van der Waals surface area contributed by atoms with E-state index in [0.717, 1.165) is 13.1 Å². The molecule has 0 bridgehead atoms. The topological polar surface area (TPSA) is 41.1 Å². The molecule has 1 unspecified atom stereocenters. The summed E-state index contributed by atoms with van der Waals surface area (Å²) in [5.41, 5.74) is 0. The Bertz CT molecular complexity index is 164. The molecule has 0 spiro atoms. The summed E-state index contributed by atoms with van der Waals surface area (Å²) in [5.74, 6) is 0.750. The summed E-state index contributed by atoms with van der Waals surface area (Å²) in [7, 11) is 0. The molecular formula is C9H18N2O. The van der Waals surface area contributed by atoms with Crippen molar-refractivity contribution in [3.63, 3.8) is 0 Å². The molecule has 0 saturated carbocycles. The van der Waals surface area contributed by atoms with Gasteiger partial charge in [-0.1, -0.05) is 20.8 Å². The van der Waals surface area contributed by atoms with Gasteiger partial charge in [0.1, 0.15) is 0 Å². The van der Waals surface area contributed by atoms with Crippen molar-refractivity contribution in [2.45, 2.75) is 26.8 Å². The minimum Gasteiger partial charge on any atom is -0.351 e. The quantitative estimate of drug-likeness (QED) is 0.642. The Morgan fingerprint density at radius 2 is 2.00 bits per heavy atom. The molecule has 0 aliphatic carbocycles. The molecule has 1 rings (SSSR count). The summed E-state index contributed by atoms with van der Waals surface area (Å²) in [6, 6.07) is 0.374. The van der Waals surface area contributed by atoms with Gasteiger partial charge >= 0.3 is 0 Å². The van der Waals surface area contributed by atoms with Crippen molar-refractivity contribution in [2.75, 3.05) is 13.1 Å². The lowest BCUT2D eigenvalue weighted by Crippen LogP contribution is -2.58. The third kappa shape index (κ3) is 2.21. The minimum absolute atomic E-state index is 0.130. The maximum Gasteiger partial charge on any atom is 0.223 e. The molecule has 2 N–H and O–H groups in total. The van der Waals surface area contributed by atoms with Crippen LogP contribution in [0.4, 0.5) is 0 Å². The molecule has 3 heteroatoms. The number of hydrogen-bond acceptors (Lipinski definition) is 2. The summed E-state index contributed by atoms with van der Waals surface area (Å²) in [4.78, 5) is 11.4. The van der Waals surface area contributed by atoms with Crippen LogP contribution >= 0.6 is 0 Å². The number of hydrogen-bond donors (Lipinski definition) is 2. The summed E-state index contributed by atoms with van der Waals surface area (Å²) >= 11 is 0. The molecule has 0 radical (unpaired) electrons. The van der Waals surface area contributed by atoms with E-state index in [-0.39, 0.29) is 11.8 Å². The third-order valence-electron chi connectivity index (χ3n) is 2.54. The molecule has 3 nitrogen and oxygen atoms in total. The van der Waals surface area contributed by atoms with Crippen molar-refractivity contribution >= 4 is 5.91 Å². The molecule has 1 atom stereocenters. The van der Waals surface area contributed by atoms with Gasteiger partial charge in [0.25, 0.3) is 0 Å². The molecule has 1 saturated heterocycles. The average Bonchev–Trinajstić information content (AvgIpc) is 1.94. The number of carbonyl (C=O) groups excluding carboxylic acids is 1. The van der Waals surface area contributed by atoms with Crippen molar-refractivity contribution in [1.29, 1.82) is 0 Å². The lowest BCUT2D eigenvalue weighted by Gasteiger charge is -2.29. The van der Waals surface area contributed by atoms with Gasteiger partial charge in [0.15, 0.2) is 0 Å². The molecule has 0 aromatic heterocycles. The first kappa shape index (κ1) is 9.52. The van der Waals surface area contributed by atoms with E-state index < -0.39 is 0 Å². The highest BCUT2D eigenvalue weighted by atomic mass is 16.2. The molecule has 0 aromatic rings.